The minimum atomic E-state index is -0.257. The third-order valence-electron chi connectivity index (χ3n) is 6.05. The molecule has 5 nitrogen and oxygen atoms in total. The average molecular weight is 419 g/mol. The van der Waals surface area contributed by atoms with Crippen molar-refractivity contribution in [2.45, 2.75) is 53.8 Å². The molecule has 4 rings (SSSR count). The maximum atomic E-state index is 13.8. The quantitative estimate of drug-likeness (QED) is 0.697. The number of rotatable bonds is 3. The molecule has 5 heteroatoms. The van der Waals surface area contributed by atoms with Gasteiger partial charge < -0.3 is 9.64 Å². The number of nitrogens with zero attached hydrogens (tertiary/aromatic N) is 2. The van der Waals surface area contributed by atoms with Gasteiger partial charge in [0.05, 0.1) is 23.5 Å². The van der Waals surface area contributed by atoms with Crippen molar-refractivity contribution in [2.24, 2.45) is 0 Å². The summed E-state index contributed by atoms with van der Waals surface area (Å²) in [4.78, 5) is 31.0. The Kier molecular flexibility index (Phi) is 5.48. The Labute approximate surface area is 184 Å². The summed E-state index contributed by atoms with van der Waals surface area (Å²) in [5.74, 6) is -0.512. The van der Waals surface area contributed by atoms with Gasteiger partial charge in [-0.1, -0.05) is 35.9 Å². The van der Waals surface area contributed by atoms with Crippen molar-refractivity contribution in [3.63, 3.8) is 0 Å². The highest BCUT2D eigenvalue weighted by Crippen LogP contribution is 2.38. The Morgan fingerprint density at radius 2 is 1.42 bits per heavy atom. The van der Waals surface area contributed by atoms with Gasteiger partial charge >= 0.3 is 0 Å². The van der Waals surface area contributed by atoms with Crippen molar-refractivity contribution in [1.82, 2.24) is 4.90 Å². The minimum absolute atomic E-state index is 0.0192. The number of hydrogen-bond donors (Lipinski definition) is 0. The average Bonchev–Trinajstić information content (AvgIpc) is 2.93. The van der Waals surface area contributed by atoms with E-state index in [1.54, 1.807) is 0 Å². The van der Waals surface area contributed by atoms with E-state index < -0.39 is 0 Å². The molecule has 1 fully saturated rings. The highest BCUT2D eigenvalue weighted by atomic mass is 16.5. The number of benzene rings is 2. The Balaban J connectivity index is 1.90. The van der Waals surface area contributed by atoms with Crippen molar-refractivity contribution in [1.29, 1.82) is 0 Å². The molecule has 0 spiro atoms. The van der Waals surface area contributed by atoms with Gasteiger partial charge in [-0.2, -0.15) is 0 Å². The maximum absolute atomic E-state index is 13.8. The standard InChI is InChI=1S/C26H30N2O3/c1-15-8-10-21(18(4)11-15)23-24(27-13-19(5)31-20(6)14-27)26(30)28(25(23)29)22-12-16(2)7-9-17(22)3/h7-12,19-20H,13-14H2,1-6H3. The van der Waals surface area contributed by atoms with Gasteiger partial charge in [-0.3, -0.25) is 9.59 Å². The lowest BCUT2D eigenvalue weighted by Crippen LogP contribution is -2.47. The number of carbonyl (C=O) groups excluding carboxylic acids is 2. The molecule has 2 aliphatic rings. The number of imide groups is 1. The number of carbonyl (C=O) groups is 2. The zero-order chi connectivity index (χ0) is 22.4. The van der Waals surface area contributed by atoms with E-state index in [4.69, 9.17) is 4.74 Å². The summed E-state index contributed by atoms with van der Waals surface area (Å²) >= 11 is 0. The van der Waals surface area contributed by atoms with Crippen LogP contribution in [0.4, 0.5) is 5.69 Å². The van der Waals surface area contributed by atoms with Gasteiger partial charge in [0.1, 0.15) is 5.70 Å². The van der Waals surface area contributed by atoms with Gasteiger partial charge in [0.2, 0.25) is 0 Å². The van der Waals surface area contributed by atoms with Gasteiger partial charge in [-0.15, -0.1) is 0 Å². The zero-order valence-corrected chi connectivity index (χ0v) is 19.2. The summed E-state index contributed by atoms with van der Waals surface area (Å²) in [6, 6.07) is 11.9. The molecule has 0 saturated carbocycles. The number of ether oxygens (including phenoxy) is 1. The molecule has 2 aliphatic heterocycles. The second kappa shape index (κ2) is 7.97. The number of aryl methyl sites for hydroxylation is 4. The summed E-state index contributed by atoms with van der Waals surface area (Å²) in [5.41, 5.74) is 6.48. The van der Waals surface area contributed by atoms with Crippen LogP contribution in [0.1, 0.15) is 41.7 Å². The van der Waals surface area contributed by atoms with E-state index in [9.17, 15) is 9.59 Å². The van der Waals surface area contributed by atoms with E-state index in [2.05, 4.69) is 6.07 Å². The van der Waals surface area contributed by atoms with E-state index in [-0.39, 0.29) is 24.0 Å². The van der Waals surface area contributed by atoms with E-state index in [0.29, 0.717) is 30.0 Å². The molecule has 0 aliphatic carbocycles. The molecule has 2 atom stereocenters. The smallest absolute Gasteiger partial charge is 0.282 e. The van der Waals surface area contributed by atoms with Crippen LogP contribution < -0.4 is 4.90 Å². The topological polar surface area (TPSA) is 49.9 Å². The Hall–Kier alpha value is -2.92. The van der Waals surface area contributed by atoms with Crippen LogP contribution in [0.5, 0.6) is 0 Å². The first-order valence-corrected chi connectivity index (χ1v) is 10.9. The van der Waals surface area contributed by atoms with E-state index in [1.807, 2.05) is 76.8 Å². The molecule has 1 saturated heterocycles. The highest BCUT2D eigenvalue weighted by molar-refractivity contribution is 6.45. The fourth-order valence-corrected chi connectivity index (χ4v) is 4.69. The largest absolute Gasteiger partial charge is 0.372 e. The zero-order valence-electron chi connectivity index (χ0n) is 19.2. The lowest BCUT2D eigenvalue weighted by atomic mass is 9.97. The lowest BCUT2D eigenvalue weighted by Gasteiger charge is -2.37. The summed E-state index contributed by atoms with van der Waals surface area (Å²) in [5, 5.41) is 0. The SMILES string of the molecule is Cc1ccc(C2=C(N3CC(C)OC(C)C3)C(=O)N(c3cc(C)ccc3C)C2=O)c(C)c1. The molecule has 2 heterocycles. The molecule has 162 valence electrons. The number of anilines is 1. The van der Waals surface area contributed by atoms with Gasteiger partial charge in [-0.25, -0.2) is 4.90 Å². The molecule has 2 aromatic carbocycles. The summed E-state index contributed by atoms with van der Waals surface area (Å²) in [6.45, 7) is 13.1. The van der Waals surface area contributed by atoms with Crippen LogP contribution in [0, 0.1) is 27.7 Å². The van der Waals surface area contributed by atoms with Crippen LogP contribution in [-0.2, 0) is 14.3 Å². The van der Waals surface area contributed by atoms with Crippen LogP contribution in [0.3, 0.4) is 0 Å². The second-order valence-corrected chi connectivity index (χ2v) is 8.94. The van der Waals surface area contributed by atoms with Crippen molar-refractivity contribution in [3.8, 4) is 0 Å². The monoisotopic (exact) mass is 418 g/mol. The van der Waals surface area contributed by atoms with Crippen LogP contribution in [0.2, 0.25) is 0 Å². The third-order valence-corrected chi connectivity index (χ3v) is 6.05. The molecule has 2 unspecified atom stereocenters. The normalized spacial score (nSPS) is 22.0. The summed E-state index contributed by atoms with van der Waals surface area (Å²) in [7, 11) is 0. The van der Waals surface area contributed by atoms with Crippen molar-refractivity contribution in [2.75, 3.05) is 18.0 Å². The van der Waals surface area contributed by atoms with E-state index >= 15 is 0 Å². The minimum Gasteiger partial charge on any atom is -0.372 e. The van der Waals surface area contributed by atoms with Crippen LogP contribution >= 0.6 is 0 Å². The van der Waals surface area contributed by atoms with E-state index in [1.165, 1.54) is 4.90 Å². The lowest BCUT2D eigenvalue weighted by molar-refractivity contribution is -0.121. The molecule has 2 amide bonds. The first-order valence-electron chi connectivity index (χ1n) is 10.9. The fraction of sp³-hybridized carbons (Fsp3) is 0.385. The Morgan fingerprint density at radius 1 is 0.806 bits per heavy atom. The summed E-state index contributed by atoms with van der Waals surface area (Å²) < 4.78 is 5.89. The van der Waals surface area contributed by atoms with Crippen molar-refractivity contribution < 1.29 is 14.3 Å². The predicted octanol–water partition coefficient (Wildman–Crippen LogP) is 4.31. The Morgan fingerprint density at radius 3 is 2.06 bits per heavy atom. The number of hydrogen-bond acceptors (Lipinski definition) is 4. The summed E-state index contributed by atoms with van der Waals surface area (Å²) in [6.07, 6.45) is -0.0384. The molecule has 0 bridgehead atoms. The molecule has 31 heavy (non-hydrogen) atoms. The molecule has 0 N–H and O–H groups in total. The molecular formula is C26H30N2O3. The molecule has 2 aromatic rings. The maximum Gasteiger partial charge on any atom is 0.282 e. The molecule has 0 radical (unpaired) electrons. The Bertz CT molecular complexity index is 1090. The van der Waals surface area contributed by atoms with Gasteiger partial charge in [0.25, 0.3) is 11.8 Å². The number of morpholine rings is 1. The van der Waals surface area contributed by atoms with Gasteiger partial charge in [0, 0.05) is 13.1 Å². The van der Waals surface area contributed by atoms with Crippen LogP contribution in [0.15, 0.2) is 42.1 Å². The molecule has 0 aromatic heterocycles. The molecular weight excluding hydrogens is 388 g/mol. The van der Waals surface area contributed by atoms with Crippen LogP contribution in [0.25, 0.3) is 5.57 Å². The van der Waals surface area contributed by atoms with E-state index in [0.717, 1.165) is 27.8 Å². The van der Waals surface area contributed by atoms with Crippen molar-refractivity contribution in [3.05, 3.63) is 69.9 Å². The predicted molar refractivity (Wildman–Crippen MR) is 123 cm³/mol. The van der Waals surface area contributed by atoms with Crippen molar-refractivity contribution >= 4 is 23.1 Å². The second-order valence-electron chi connectivity index (χ2n) is 8.94. The number of amides is 2. The third kappa shape index (κ3) is 3.79. The van der Waals surface area contributed by atoms with Gasteiger partial charge in [-0.05, 0) is 69.9 Å². The highest BCUT2D eigenvalue weighted by Gasteiger charge is 2.44. The van der Waals surface area contributed by atoms with Crippen LogP contribution in [-0.4, -0.2) is 42.0 Å². The van der Waals surface area contributed by atoms with Gasteiger partial charge in [0.15, 0.2) is 0 Å². The fourth-order valence-electron chi connectivity index (χ4n) is 4.69. The first-order chi connectivity index (χ1) is 14.7. The first kappa shape index (κ1) is 21.3.